The Bertz CT molecular complexity index is 872. The van der Waals surface area contributed by atoms with E-state index in [-0.39, 0.29) is 13.2 Å². The number of benzene rings is 2. The van der Waals surface area contributed by atoms with Gasteiger partial charge < -0.3 is 9.47 Å². The highest BCUT2D eigenvalue weighted by molar-refractivity contribution is 7.86. The summed E-state index contributed by atoms with van der Waals surface area (Å²) in [5.74, 6) is -0.342. The highest BCUT2D eigenvalue weighted by atomic mass is 32.2. The topological polar surface area (TPSA) is 127 Å². The molecule has 0 unspecified atom stereocenters. The Hall–Kier alpha value is -2.14. The lowest BCUT2D eigenvalue weighted by Crippen LogP contribution is -2.13. The third-order valence-corrected chi connectivity index (χ3v) is 4.63. The predicted molar refractivity (Wildman–Crippen MR) is 95.7 cm³/mol. The van der Waals surface area contributed by atoms with Crippen molar-refractivity contribution in [2.75, 3.05) is 24.7 Å². The van der Waals surface area contributed by atoms with E-state index in [0.717, 1.165) is 0 Å². The largest absolute Gasteiger partial charge is 0.492 e. The van der Waals surface area contributed by atoms with E-state index in [0.29, 0.717) is 22.6 Å². The van der Waals surface area contributed by atoms with E-state index in [4.69, 9.17) is 18.6 Å². The number of rotatable bonds is 9. The molecule has 0 aliphatic carbocycles. The highest BCUT2D eigenvalue weighted by Crippen LogP contribution is 2.36. The second-order valence-corrected chi connectivity index (χ2v) is 8.41. The molecule has 26 heavy (non-hydrogen) atoms. The van der Waals surface area contributed by atoms with Crippen molar-refractivity contribution in [3.8, 4) is 22.6 Å². The summed E-state index contributed by atoms with van der Waals surface area (Å²) >= 11 is 0. The Morgan fingerprint density at radius 1 is 0.654 bits per heavy atom. The van der Waals surface area contributed by atoms with Gasteiger partial charge in [-0.2, -0.15) is 16.8 Å². The minimum atomic E-state index is -4.14. The molecule has 0 amide bonds. The van der Waals surface area contributed by atoms with Gasteiger partial charge in [0.25, 0.3) is 20.2 Å². The molecule has 0 saturated heterocycles. The fourth-order valence-corrected chi connectivity index (χ4v) is 2.73. The van der Waals surface area contributed by atoms with Crippen molar-refractivity contribution >= 4 is 20.2 Å². The van der Waals surface area contributed by atoms with Crippen molar-refractivity contribution in [1.29, 1.82) is 0 Å². The van der Waals surface area contributed by atoms with Crippen LogP contribution in [0, 0.1) is 0 Å². The molecule has 0 bridgehead atoms. The van der Waals surface area contributed by atoms with Gasteiger partial charge in [-0.25, -0.2) is 0 Å². The molecular weight excluding hydrogens is 384 g/mol. The second kappa shape index (κ2) is 8.49. The van der Waals surface area contributed by atoms with Crippen LogP contribution >= 0.6 is 0 Å². The summed E-state index contributed by atoms with van der Waals surface area (Å²) < 4.78 is 71.7. The van der Waals surface area contributed by atoms with E-state index in [1.165, 1.54) is 0 Å². The quantitative estimate of drug-likeness (QED) is 0.609. The summed E-state index contributed by atoms with van der Waals surface area (Å²) in [5, 5.41) is 0. The van der Waals surface area contributed by atoms with Gasteiger partial charge in [-0.05, 0) is 12.1 Å². The van der Waals surface area contributed by atoms with E-state index in [2.05, 4.69) is 0 Å². The zero-order valence-electron chi connectivity index (χ0n) is 13.6. The summed E-state index contributed by atoms with van der Waals surface area (Å²) in [4.78, 5) is 0. The van der Waals surface area contributed by atoms with Crippen LogP contribution in [0.1, 0.15) is 0 Å². The fraction of sp³-hybridized carbons (Fsp3) is 0.250. The Labute approximate surface area is 151 Å². The van der Waals surface area contributed by atoms with Crippen molar-refractivity contribution in [2.45, 2.75) is 0 Å². The summed E-state index contributed by atoms with van der Waals surface area (Å²) in [6, 6.07) is 13.6. The van der Waals surface area contributed by atoms with Crippen LogP contribution in [0.4, 0.5) is 0 Å². The van der Waals surface area contributed by atoms with Gasteiger partial charge in [-0.3, -0.25) is 9.11 Å². The van der Waals surface area contributed by atoms with E-state index in [9.17, 15) is 16.8 Å². The van der Waals surface area contributed by atoms with Gasteiger partial charge in [0.1, 0.15) is 36.2 Å². The Balaban J connectivity index is 2.23. The third-order valence-electron chi connectivity index (χ3n) is 3.26. The molecule has 2 N–H and O–H groups in total. The van der Waals surface area contributed by atoms with Crippen LogP contribution in [-0.4, -0.2) is 50.7 Å². The van der Waals surface area contributed by atoms with Crippen molar-refractivity contribution in [3.05, 3.63) is 48.5 Å². The smallest absolute Gasteiger partial charge is 0.268 e. The lowest BCUT2D eigenvalue weighted by molar-refractivity contribution is 0.332. The number of para-hydroxylation sites is 2. The average Bonchev–Trinajstić information content (AvgIpc) is 2.54. The summed E-state index contributed by atoms with van der Waals surface area (Å²) in [6.07, 6.45) is 0. The van der Waals surface area contributed by atoms with Crippen molar-refractivity contribution < 1.29 is 35.4 Å². The monoisotopic (exact) mass is 402 g/mol. The van der Waals surface area contributed by atoms with Gasteiger partial charge in [-0.1, -0.05) is 36.4 Å². The molecule has 0 spiro atoms. The average molecular weight is 402 g/mol. The van der Waals surface area contributed by atoms with Gasteiger partial charge in [0.05, 0.1) is 0 Å². The van der Waals surface area contributed by atoms with Crippen LogP contribution in [0.25, 0.3) is 11.1 Å². The molecule has 8 nitrogen and oxygen atoms in total. The zero-order chi connectivity index (χ0) is 19.2. The van der Waals surface area contributed by atoms with E-state index < -0.39 is 31.7 Å². The molecule has 0 saturated carbocycles. The normalized spacial score (nSPS) is 11.9. The van der Waals surface area contributed by atoms with Crippen molar-refractivity contribution in [1.82, 2.24) is 0 Å². The number of ether oxygens (including phenoxy) is 2. The predicted octanol–water partition coefficient (Wildman–Crippen LogP) is 1.89. The molecule has 0 heterocycles. The van der Waals surface area contributed by atoms with Gasteiger partial charge in [0, 0.05) is 11.1 Å². The first-order valence-electron chi connectivity index (χ1n) is 7.50. The molecule has 10 heteroatoms. The maximum atomic E-state index is 10.8. The standard InChI is InChI=1S/C16H18O8S2/c17-25(18,19)11-9-23-15-7-3-1-5-13(15)14-6-2-4-8-16(14)24-10-12-26(20,21)22/h1-8H,9-12H2,(H,17,18,19)(H,20,21,22). The number of hydrogen-bond donors (Lipinski definition) is 2. The zero-order valence-corrected chi connectivity index (χ0v) is 15.2. The molecule has 0 atom stereocenters. The van der Waals surface area contributed by atoms with Gasteiger partial charge in [0.15, 0.2) is 0 Å². The number of hydrogen-bond acceptors (Lipinski definition) is 6. The van der Waals surface area contributed by atoms with Crippen LogP contribution in [0.3, 0.4) is 0 Å². The molecule has 142 valence electrons. The van der Waals surface area contributed by atoms with E-state index >= 15 is 0 Å². The summed E-state index contributed by atoms with van der Waals surface area (Å²) in [7, 11) is -8.27. The molecule has 0 aromatic heterocycles. The molecular formula is C16H18O8S2. The van der Waals surface area contributed by atoms with Gasteiger partial charge in [0.2, 0.25) is 0 Å². The van der Waals surface area contributed by atoms with Crippen molar-refractivity contribution in [2.24, 2.45) is 0 Å². The minimum Gasteiger partial charge on any atom is -0.492 e. The summed E-state index contributed by atoms with van der Waals surface area (Å²) in [6.45, 7) is -0.469. The lowest BCUT2D eigenvalue weighted by Gasteiger charge is -2.15. The maximum Gasteiger partial charge on any atom is 0.268 e. The molecule has 0 fully saturated rings. The maximum absolute atomic E-state index is 10.8. The van der Waals surface area contributed by atoms with Gasteiger partial charge >= 0.3 is 0 Å². The molecule has 0 radical (unpaired) electrons. The molecule has 2 aromatic rings. The fourth-order valence-electron chi connectivity index (χ4n) is 2.14. The Kier molecular flexibility index (Phi) is 6.59. The van der Waals surface area contributed by atoms with Crippen LogP contribution in [0.5, 0.6) is 11.5 Å². The first-order valence-corrected chi connectivity index (χ1v) is 10.7. The summed E-state index contributed by atoms with van der Waals surface area (Å²) in [5.41, 5.74) is 1.20. The highest BCUT2D eigenvalue weighted by Gasteiger charge is 2.13. The van der Waals surface area contributed by atoms with Gasteiger partial charge in [-0.15, -0.1) is 0 Å². The SMILES string of the molecule is O=S(=O)(O)CCOc1ccccc1-c1ccccc1OCCS(=O)(=O)O. The third kappa shape index (κ3) is 6.64. The molecule has 0 aliphatic heterocycles. The minimum absolute atomic E-state index is 0.234. The van der Waals surface area contributed by atoms with E-state index in [1.807, 2.05) is 0 Å². The molecule has 0 aliphatic rings. The van der Waals surface area contributed by atoms with E-state index in [1.54, 1.807) is 48.5 Å². The van der Waals surface area contributed by atoms with Crippen LogP contribution < -0.4 is 9.47 Å². The first-order chi connectivity index (χ1) is 12.2. The van der Waals surface area contributed by atoms with Crippen LogP contribution in [-0.2, 0) is 20.2 Å². The van der Waals surface area contributed by atoms with Crippen LogP contribution in [0.2, 0.25) is 0 Å². The molecule has 2 rings (SSSR count). The lowest BCUT2D eigenvalue weighted by atomic mass is 10.0. The Morgan fingerprint density at radius 3 is 1.35 bits per heavy atom. The Morgan fingerprint density at radius 2 is 1.00 bits per heavy atom. The van der Waals surface area contributed by atoms with Crippen molar-refractivity contribution in [3.63, 3.8) is 0 Å². The van der Waals surface area contributed by atoms with Crippen LogP contribution in [0.15, 0.2) is 48.5 Å². The molecule has 2 aromatic carbocycles. The first kappa shape index (κ1) is 20.2. The second-order valence-electron chi connectivity index (χ2n) is 5.26.